The topological polar surface area (TPSA) is 29.5 Å². The van der Waals surface area contributed by atoms with Crippen LogP contribution in [-0.2, 0) is 6.42 Å². The Balaban J connectivity index is 2.12. The lowest BCUT2D eigenvalue weighted by molar-refractivity contribution is 0.0564. The van der Waals surface area contributed by atoms with Crippen LogP contribution in [-0.4, -0.2) is 10.7 Å². The Morgan fingerprint density at radius 2 is 2.29 bits per heavy atom. The van der Waals surface area contributed by atoms with E-state index in [4.69, 9.17) is 4.74 Å². The minimum Gasteiger partial charge on any atom is -0.508 e. The maximum absolute atomic E-state index is 9.43. The first-order valence-corrected chi connectivity index (χ1v) is 6.14. The van der Waals surface area contributed by atoms with Gasteiger partial charge in [-0.15, -0.1) is 6.58 Å². The number of aromatic hydroxyl groups is 1. The van der Waals surface area contributed by atoms with Gasteiger partial charge in [0.2, 0.25) is 0 Å². The first-order valence-electron chi connectivity index (χ1n) is 6.14. The Morgan fingerprint density at radius 1 is 1.53 bits per heavy atom. The predicted octanol–water partition coefficient (Wildman–Crippen LogP) is 3.83. The molecule has 1 aromatic carbocycles. The predicted molar refractivity (Wildman–Crippen MR) is 69.5 cm³/mol. The minimum absolute atomic E-state index is 0.0943. The minimum atomic E-state index is -0.0943. The highest BCUT2D eigenvalue weighted by atomic mass is 16.5. The van der Waals surface area contributed by atoms with Crippen LogP contribution in [0.1, 0.15) is 38.7 Å². The van der Waals surface area contributed by atoms with Crippen LogP contribution in [0.25, 0.3) is 0 Å². The highest BCUT2D eigenvalue weighted by Gasteiger charge is 2.31. The summed E-state index contributed by atoms with van der Waals surface area (Å²) in [4.78, 5) is 0. The number of aryl methyl sites for hydroxylation is 1. The Labute approximate surface area is 103 Å². The van der Waals surface area contributed by atoms with Crippen LogP contribution in [0.15, 0.2) is 30.4 Å². The molecule has 0 radical (unpaired) electrons. The first-order chi connectivity index (χ1) is 7.98. The van der Waals surface area contributed by atoms with E-state index in [1.165, 1.54) is 5.57 Å². The van der Waals surface area contributed by atoms with Crippen LogP contribution >= 0.6 is 0 Å². The van der Waals surface area contributed by atoms with Gasteiger partial charge in [-0.05, 0) is 63.3 Å². The zero-order valence-corrected chi connectivity index (χ0v) is 10.6. The summed E-state index contributed by atoms with van der Waals surface area (Å²) in [6, 6.07) is 5.35. The van der Waals surface area contributed by atoms with Crippen molar-refractivity contribution in [3.8, 4) is 11.5 Å². The van der Waals surface area contributed by atoms with E-state index in [0.717, 1.165) is 37.0 Å². The average molecular weight is 232 g/mol. The lowest BCUT2D eigenvalue weighted by atomic mass is 9.88. The molecular weight excluding hydrogens is 212 g/mol. The van der Waals surface area contributed by atoms with Gasteiger partial charge >= 0.3 is 0 Å². The third-order valence-electron chi connectivity index (χ3n) is 3.40. The second kappa shape index (κ2) is 4.44. The molecule has 17 heavy (non-hydrogen) atoms. The van der Waals surface area contributed by atoms with Crippen LogP contribution in [0.5, 0.6) is 11.5 Å². The van der Waals surface area contributed by atoms with Gasteiger partial charge in [-0.2, -0.15) is 0 Å². The van der Waals surface area contributed by atoms with Gasteiger partial charge in [0.1, 0.15) is 17.1 Å². The molecule has 0 saturated carbocycles. The maximum atomic E-state index is 9.43. The van der Waals surface area contributed by atoms with Gasteiger partial charge in [0, 0.05) is 0 Å². The molecule has 0 saturated heterocycles. The largest absolute Gasteiger partial charge is 0.508 e. The zero-order valence-electron chi connectivity index (χ0n) is 10.6. The van der Waals surface area contributed by atoms with Crippen LogP contribution in [0.4, 0.5) is 0 Å². The van der Waals surface area contributed by atoms with E-state index in [1.54, 1.807) is 12.1 Å². The Bertz CT molecular complexity index is 437. The van der Waals surface area contributed by atoms with Crippen molar-refractivity contribution in [1.29, 1.82) is 0 Å². The number of phenolic OH excluding ortho intramolecular Hbond substituents is 1. The molecule has 1 aromatic rings. The lowest BCUT2D eigenvalue weighted by Gasteiger charge is -2.36. The molecule has 0 spiro atoms. The van der Waals surface area contributed by atoms with Crippen molar-refractivity contribution < 1.29 is 9.84 Å². The van der Waals surface area contributed by atoms with Gasteiger partial charge < -0.3 is 9.84 Å². The van der Waals surface area contributed by atoms with E-state index in [-0.39, 0.29) is 5.60 Å². The molecule has 0 fully saturated rings. The molecule has 2 heteroatoms. The summed E-state index contributed by atoms with van der Waals surface area (Å²) in [6.45, 7) is 8.15. The standard InChI is InChI=1S/C15H20O2/c1-11(2)6-8-15(3)9-7-12-10-13(16)4-5-14(12)17-15/h4-5,10,16H,1,6-9H2,2-3H3. The molecule has 0 bridgehead atoms. The molecule has 2 nitrogen and oxygen atoms in total. The lowest BCUT2D eigenvalue weighted by Crippen LogP contribution is -2.36. The Hall–Kier alpha value is -1.44. The van der Waals surface area contributed by atoms with Crippen LogP contribution < -0.4 is 4.74 Å². The highest BCUT2D eigenvalue weighted by Crippen LogP contribution is 2.37. The summed E-state index contributed by atoms with van der Waals surface area (Å²) in [5, 5.41) is 9.43. The molecular formula is C15H20O2. The third-order valence-corrected chi connectivity index (χ3v) is 3.40. The van der Waals surface area contributed by atoms with Crippen LogP contribution in [0.3, 0.4) is 0 Å². The Morgan fingerprint density at radius 3 is 3.00 bits per heavy atom. The van der Waals surface area contributed by atoms with Crippen molar-refractivity contribution in [1.82, 2.24) is 0 Å². The first kappa shape index (κ1) is 12.0. The molecule has 1 aliphatic rings. The average Bonchev–Trinajstić information content (AvgIpc) is 2.27. The van der Waals surface area contributed by atoms with E-state index in [2.05, 4.69) is 20.4 Å². The summed E-state index contributed by atoms with van der Waals surface area (Å²) in [5.74, 6) is 1.23. The van der Waals surface area contributed by atoms with Gasteiger partial charge in [0.05, 0.1) is 0 Å². The molecule has 0 aliphatic carbocycles. The second-order valence-corrected chi connectivity index (χ2v) is 5.30. The molecule has 0 amide bonds. The number of benzene rings is 1. The second-order valence-electron chi connectivity index (χ2n) is 5.30. The number of hydrogen-bond acceptors (Lipinski definition) is 2. The maximum Gasteiger partial charge on any atom is 0.123 e. The molecule has 92 valence electrons. The van der Waals surface area contributed by atoms with Crippen molar-refractivity contribution >= 4 is 0 Å². The Kier molecular flexibility index (Phi) is 3.14. The summed E-state index contributed by atoms with van der Waals surface area (Å²) >= 11 is 0. The van der Waals surface area contributed by atoms with Gasteiger partial charge in [-0.1, -0.05) is 5.57 Å². The van der Waals surface area contributed by atoms with Crippen molar-refractivity contribution in [2.24, 2.45) is 0 Å². The smallest absolute Gasteiger partial charge is 0.123 e. The van der Waals surface area contributed by atoms with Gasteiger partial charge in [0.25, 0.3) is 0 Å². The molecule has 1 heterocycles. The normalized spacial score (nSPS) is 22.7. The number of fused-ring (bicyclic) bond motifs is 1. The fraction of sp³-hybridized carbons (Fsp3) is 0.467. The molecule has 1 N–H and O–H groups in total. The number of rotatable bonds is 3. The van der Waals surface area contributed by atoms with Gasteiger partial charge in [-0.3, -0.25) is 0 Å². The quantitative estimate of drug-likeness (QED) is 0.802. The summed E-state index contributed by atoms with van der Waals surface area (Å²) in [6.07, 6.45) is 3.97. The monoisotopic (exact) mass is 232 g/mol. The summed E-state index contributed by atoms with van der Waals surface area (Å²) < 4.78 is 6.07. The van der Waals surface area contributed by atoms with E-state index in [1.807, 2.05) is 6.07 Å². The van der Waals surface area contributed by atoms with Crippen molar-refractivity contribution in [2.45, 2.75) is 45.1 Å². The zero-order chi connectivity index (χ0) is 12.5. The number of ether oxygens (including phenoxy) is 1. The third kappa shape index (κ3) is 2.82. The molecule has 1 atom stereocenters. The van der Waals surface area contributed by atoms with Crippen molar-refractivity contribution in [2.75, 3.05) is 0 Å². The fourth-order valence-electron chi connectivity index (χ4n) is 2.23. The van der Waals surface area contributed by atoms with Crippen LogP contribution in [0, 0.1) is 0 Å². The van der Waals surface area contributed by atoms with Gasteiger partial charge in [0.15, 0.2) is 0 Å². The number of hydrogen-bond donors (Lipinski definition) is 1. The van der Waals surface area contributed by atoms with E-state index >= 15 is 0 Å². The van der Waals surface area contributed by atoms with E-state index < -0.39 is 0 Å². The number of allylic oxidation sites excluding steroid dienone is 1. The molecule has 0 aromatic heterocycles. The molecule has 1 aliphatic heterocycles. The molecule has 1 unspecified atom stereocenters. The molecule has 2 rings (SSSR count). The van der Waals surface area contributed by atoms with Crippen molar-refractivity contribution in [3.63, 3.8) is 0 Å². The van der Waals surface area contributed by atoms with E-state index in [9.17, 15) is 5.11 Å². The van der Waals surface area contributed by atoms with Crippen LogP contribution in [0.2, 0.25) is 0 Å². The van der Waals surface area contributed by atoms with E-state index in [0.29, 0.717) is 5.75 Å². The summed E-state index contributed by atoms with van der Waals surface area (Å²) in [5.41, 5.74) is 2.22. The highest BCUT2D eigenvalue weighted by molar-refractivity contribution is 5.41. The SMILES string of the molecule is C=C(C)CCC1(C)CCc2cc(O)ccc2O1. The van der Waals surface area contributed by atoms with Crippen molar-refractivity contribution in [3.05, 3.63) is 35.9 Å². The number of phenols is 1. The van der Waals surface area contributed by atoms with Gasteiger partial charge in [-0.25, -0.2) is 0 Å². The fourth-order valence-corrected chi connectivity index (χ4v) is 2.23. The summed E-state index contributed by atoms with van der Waals surface area (Å²) in [7, 11) is 0.